The Hall–Kier alpha value is -2.34. The second kappa shape index (κ2) is 8.80. The van der Waals surface area contributed by atoms with Crippen LogP contribution in [-0.2, 0) is 27.2 Å². The van der Waals surface area contributed by atoms with Crippen molar-refractivity contribution in [3.05, 3.63) is 53.6 Å². The molecular weight excluding hydrogens is 438 g/mol. The number of nitrogens with zero attached hydrogens (tertiary/aromatic N) is 2. The molecule has 12 heteroatoms. The molecule has 1 aromatic carbocycles. The number of alkyl halides is 6. The highest BCUT2D eigenvalue weighted by molar-refractivity contribution is 7.89. The smallest absolute Gasteiger partial charge is 0.337 e. The van der Waals surface area contributed by atoms with Gasteiger partial charge in [0.05, 0.1) is 16.0 Å². The van der Waals surface area contributed by atoms with Crippen molar-refractivity contribution in [3.63, 3.8) is 0 Å². The summed E-state index contributed by atoms with van der Waals surface area (Å²) in [7, 11) is -4.63. The van der Waals surface area contributed by atoms with Crippen LogP contribution in [0.2, 0.25) is 0 Å². The monoisotopic (exact) mass is 456 g/mol. The van der Waals surface area contributed by atoms with Crippen LogP contribution in [0.15, 0.2) is 47.4 Å². The summed E-state index contributed by atoms with van der Waals surface area (Å²) in [4.78, 5) is 12.2. The van der Waals surface area contributed by atoms with Gasteiger partial charge in [0, 0.05) is 32.3 Å². The summed E-state index contributed by atoms with van der Waals surface area (Å²) >= 11 is 0. The third-order valence-corrected chi connectivity index (χ3v) is 6.17. The van der Waals surface area contributed by atoms with Crippen LogP contribution in [0.3, 0.4) is 0 Å². The van der Waals surface area contributed by atoms with E-state index in [1.165, 1.54) is 17.1 Å². The van der Waals surface area contributed by atoms with Gasteiger partial charge < -0.3 is 4.90 Å². The lowest BCUT2D eigenvalue weighted by Gasteiger charge is -2.33. The minimum absolute atomic E-state index is 0.0522. The van der Waals surface area contributed by atoms with Crippen molar-refractivity contribution in [3.8, 4) is 0 Å². The predicted molar refractivity (Wildman–Crippen MR) is 95.7 cm³/mol. The number of hydrogen-bond donors (Lipinski definition) is 0. The minimum atomic E-state index is -5.16. The highest BCUT2D eigenvalue weighted by Crippen LogP contribution is 2.37. The molecule has 0 aromatic heterocycles. The van der Waals surface area contributed by atoms with E-state index in [1.54, 1.807) is 19.1 Å². The maximum atomic E-state index is 13.0. The van der Waals surface area contributed by atoms with Gasteiger partial charge in [-0.15, -0.1) is 0 Å². The molecule has 1 aliphatic rings. The largest absolute Gasteiger partial charge is 0.416 e. The van der Waals surface area contributed by atoms with Gasteiger partial charge in [0.15, 0.2) is 0 Å². The van der Waals surface area contributed by atoms with Gasteiger partial charge in [-0.25, -0.2) is 8.42 Å². The molecule has 0 bridgehead atoms. The van der Waals surface area contributed by atoms with Crippen LogP contribution in [0.5, 0.6) is 0 Å². The zero-order valence-electron chi connectivity index (χ0n) is 15.7. The summed E-state index contributed by atoms with van der Waals surface area (Å²) < 4.78 is 104. The Bertz CT molecular complexity index is 911. The average Bonchev–Trinajstić information content (AvgIpc) is 2.66. The van der Waals surface area contributed by atoms with Gasteiger partial charge in [0.25, 0.3) is 0 Å². The second-order valence-corrected chi connectivity index (χ2v) is 8.29. The molecule has 5 nitrogen and oxygen atoms in total. The summed E-state index contributed by atoms with van der Waals surface area (Å²) in [6.45, 7) is 1.12. The van der Waals surface area contributed by atoms with Crippen LogP contribution in [-0.4, -0.2) is 49.7 Å². The van der Waals surface area contributed by atoms with E-state index in [0.717, 1.165) is 4.31 Å². The number of carbonyl (C=O) groups excluding carboxylic acids is 1. The summed E-state index contributed by atoms with van der Waals surface area (Å²) in [5.41, 5.74) is -3.42. The number of halogens is 6. The molecule has 0 atom stereocenters. The van der Waals surface area contributed by atoms with Crippen molar-refractivity contribution in [2.24, 2.45) is 0 Å². The molecule has 2 rings (SSSR count). The zero-order valence-corrected chi connectivity index (χ0v) is 16.5. The summed E-state index contributed by atoms with van der Waals surface area (Å²) in [6.07, 6.45) is -4.24. The maximum Gasteiger partial charge on any atom is 0.416 e. The number of amides is 1. The molecule has 0 radical (unpaired) electrons. The molecule has 1 amide bonds. The molecule has 0 unspecified atom stereocenters. The molecule has 0 N–H and O–H groups in total. The van der Waals surface area contributed by atoms with Gasteiger partial charge in [-0.2, -0.15) is 30.6 Å². The van der Waals surface area contributed by atoms with Crippen LogP contribution in [0.4, 0.5) is 26.3 Å². The molecule has 0 spiro atoms. The van der Waals surface area contributed by atoms with Gasteiger partial charge in [-0.05, 0) is 25.1 Å². The molecular formula is C18H18F6N2O3S. The fourth-order valence-corrected chi connectivity index (χ4v) is 4.22. The number of sulfonamides is 1. The van der Waals surface area contributed by atoms with Crippen molar-refractivity contribution < 1.29 is 39.6 Å². The highest BCUT2D eigenvalue weighted by atomic mass is 32.2. The van der Waals surface area contributed by atoms with Crippen molar-refractivity contribution in [2.45, 2.75) is 24.2 Å². The number of carbonyl (C=O) groups is 1. The molecule has 1 fully saturated rings. The Morgan fingerprint density at radius 2 is 1.40 bits per heavy atom. The molecule has 166 valence electrons. The van der Waals surface area contributed by atoms with Crippen LogP contribution in [0.1, 0.15) is 18.1 Å². The van der Waals surface area contributed by atoms with E-state index in [-0.39, 0.29) is 50.3 Å². The van der Waals surface area contributed by atoms with Crippen LogP contribution in [0.25, 0.3) is 0 Å². The second-order valence-electron chi connectivity index (χ2n) is 6.36. The van der Waals surface area contributed by atoms with Gasteiger partial charge in [-0.1, -0.05) is 18.2 Å². The Kier molecular flexibility index (Phi) is 7.02. The molecule has 1 aliphatic heterocycles. The number of allylic oxidation sites excluding steroid dienone is 3. The molecule has 1 saturated heterocycles. The number of rotatable bonds is 4. The fourth-order valence-electron chi connectivity index (χ4n) is 2.73. The van der Waals surface area contributed by atoms with Crippen molar-refractivity contribution >= 4 is 15.9 Å². The summed E-state index contributed by atoms with van der Waals surface area (Å²) in [5.74, 6) is -0.386. The first-order chi connectivity index (χ1) is 13.8. The van der Waals surface area contributed by atoms with Crippen molar-refractivity contribution in [1.29, 1.82) is 0 Å². The summed E-state index contributed by atoms with van der Waals surface area (Å²) in [6, 6.07) is 0.233. The van der Waals surface area contributed by atoms with E-state index in [4.69, 9.17) is 0 Å². The Balaban J connectivity index is 2.29. The van der Waals surface area contributed by atoms with Gasteiger partial charge >= 0.3 is 12.4 Å². The third kappa shape index (κ3) is 5.63. The van der Waals surface area contributed by atoms with E-state index in [0.29, 0.717) is 0 Å². The zero-order chi connectivity index (χ0) is 22.7. The molecule has 0 aliphatic carbocycles. The Morgan fingerprint density at radius 3 is 1.83 bits per heavy atom. The van der Waals surface area contributed by atoms with E-state index >= 15 is 0 Å². The van der Waals surface area contributed by atoms with Crippen LogP contribution < -0.4 is 0 Å². The first kappa shape index (κ1) is 23.9. The normalized spacial score (nSPS) is 17.2. The number of piperazine rings is 1. The Labute approximate surface area is 169 Å². The molecule has 1 heterocycles. The van der Waals surface area contributed by atoms with E-state index in [2.05, 4.69) is 0 Å². The lowest BCUT2D eigenvalue weighted by atomic mass is 10.1. The number of benzene rings is 1. The van der Waals surface area contributed by atoms with Crippen LogP contribution >= 0.6 is 0 Å². The predicted octanol–water partition coefficient (Wildman–Crippen LogP) is 3.69. The van der Waals surface area contributed by atoms with Gasteiger partial charge in [0.1, 0.15) is 0 Å². The highest BCUT2D eigenvalue weighted by Gasteiger charge is 2.39. The van der Waals surface area contributed by atoms with Crippen molar-refractivity contribution in [1.82, 2.24) is 9.21 Å². The lowest BCUT2D eigenvalue weighted by Crippen LogP contribution is -2.50. The average molecular weight is 456 g/mol. The standard InChI is InChI=1S/C18H18F6N2O3S/c1-2-3-4-5-16(27)25-6-8-26(9-7-25)30(28,29)15-11-13(17(19,20)21)10-14(12-15)18(22,23)24/h2-5,10-12H,6-9H2,1H3/b3-2+,5-4+. The Morgan fingerprint density at radius 1 is 0.900 bits per heavy atom. The maximum absolute atomic E-state index is 13.0. The topological polar surface area (TPSA) is 57.7 Å². The lowest BCUT2D eigenvalue weighted by molar-refractivity contribution is -0.143. The quantitative estimate of drug-likeness (QED) is 0.395. The molecule has 30 heavy (non-hydrogen) atoms. The van der Waals surface area contributed by atoms with E-state index in [9.17, 15) is 39.6 Å². The number of hydrogen-bond acceptors (Lipinski definition) is 3. The van der Waals surface area contributed by atoms with Crippen molar-refractivity contribution in [2.75, 3.05) is 26.2 Å². The first-order valence-corrected chi connectivity index (χ1v) is 10.1. The SMILES string of the molecule is C/C=C/C=C/C(=O)N1CCN(S(=O)(=O)c2cc(C(F)(F)F)cc(C(F)(F)F)c2)CC1. The van der Waals surface area contributed by atoms with Gasteiger partial charge in [0.2, 0.25) is 15.9 Å². The van der Waals surface area contributed by atoms with Gasteiger partial charge in [-0.3, -0.25) is 4.79 Å². The van der Waals surface area contributed by atoms with E-state index in [1.807, 2.05) is 0 Å². The van der Waals surface area contributed by atoms with E-state index < -0.39 is 38.4 Å². The molecule has 1 aromatic rings. The van der Waals surface area contributed by atoms with Crippen LogP contribution in [0, 0.1) is 0 Å². The fraction of sp³-hybridized carbons (Fsp3) is 0.389. The first-order valence-electron chi connectivity index (χ1n) is 8.64. The molecule has 0 saturated carbocycles. The summed E-state index contributed by atoms with van der Waals surface area (Å²) in [5, 5.41) is 0. The third-order valence-electron chi connectivity index (χ3n) is 4.29. The minimum Gasteiger partial charge on any atom is -0.337 e.